The quantitative estimate of drug-likeness (QED) is 0.582. The summed E-state index contributed by atoms with van der Waals surface area (Å²) >= 11 is 0. The van der Waals surface area contributed by atoms with Crippen LogP contribution in [0.4, 0.5) is 0 Å². The van der Waals surface area contributed by atoms with Gasteiger partial charge in [0, 0.05) is 26.8 Å². The highest BCUT2D eigenvalue weighted by Crippen LogP contribution is 2.24. The van der Waals surface area contributed by atoms with E-state index in [-0.39, 0.29) is 6.10 Å². The van der Waals surface area contributed by atoms with Crippen LogP contribution in [-0.4, -0.2) is 70.2 Å². The molecule has 1 fully saturated rings. The van der Waals surface area contributed by atoms with Crippen molar-refractivity contribution in [3.05, 3.63) is 0 Å². The molecule has 1 aliphatic rings. The molecule has 1 heterocycles. The van der Waals surface area contributed by atoms with E-state index in [0.717, 1.165) is 32.2 Å². The van der Waals surface area contributed by atoms with Crippen molar-refractivity contribution in [2.75, 3.05) is 27.8 Å². The van der Waals surface area contributed by atoms with E-state index in [1.807, 2.05) is 18.7 Å². The smallest absolute Gasteiger partial charge is 0.210 e. The number of hydrogen-bond donors (Lipinski definition) is 1. The summed E-state index contributed by atoms with van der Waals surface area (Å²) in [6, 6.07) is 0.785. The summed E-state index contributed by atoms with van der Waals surface area (Å²) in [5.41, 5.74) is 0. The van der Waals surface area contributed by atoms with Crippen LogP contribution in [0.3, 0.4) is 0 Å². The number of nitrogens with zero attached hydrogens (tertiary/aromatic N) is 1. The molecule has 1 aliphatic heterocycles. The fourth-order valence-electron chi connectivity index (χ4n) is 3.83. The van der Waals surface area contributed by atoms with Gasteiger partial charge in [0.15, 0.2) is 0 Å². The van der Waals surface area contributed by atoms with Crippen LogP contribution in [0, 0.1) is 11.8 Å². The van der Waals surface area contributed by atoms with Gasteiger partial charge in [-0.05, 0) is 38.1 Å². The van der Waals surface area contributed by atoms with E-state index in [4.69, 9.17) is 14.3 Å². The number of hydrogen-bond acceptors (Lipinski definition) is 5. The highest BCUT2D eigenvalue weighted by molar-refractivity contribution is 5.48. The average Bonchev–Trinajstić information content (AvgIpc) is 3.16. The number of carbonyl (C=O) groups is 2. The Morgan fingerprint density at radius 1 is 1.15 bits per heavy atom. The second-order valence-electron chi connectivity index (χ2n) is 7.38. The minimum atomic E-state index is 0.188. The number of ether oxygens (including phenoxy) is 2. The van der Waals surface area contributed by atoms with Crippen LogP contribution in [0.2, 0.25) is 0 Å². The minimum absolute atomic E-state index is 0.188. The molecule has 162 valence electrons. The van der Waals surface area contributed by atoms with Crippen molar-refractivity contribution >= 4 is 13.2 Å². The molecular formula is C21H44N2O4. The third-order valence-corrected chi connectivity index (χ3v) is 5.48. The molecule has 27 heavy (non-hydrogen) atoms. The van der Waals surface area contributed by atoms with E-state index in [1.54, 1.807) is 14.2 Å². The predicted molar refractivity (Wildman–Crippen MR) is 112 cm³/mol. The molecule has 1 rings (SSSR count). The van der Waals surface area contributed by atoms with Crippen molar-refractivity contribution < 1.29 is 19.1 Å². The fourth-order valence-corrected chi connectivity index (χ4v) is 3.83. The van der Waals surface area contributed by atoms with Gasteiger partial charge in [0.05, 0.1) is 18.2 Å². The van der Waals surface area contributed by atoms with Crippen molar-refractivity contribution in [3.8, 4) is 0 Å². The van der Waals surface area contributed by atoms with Crippen molar-refractivity contribution in [1.82, 2.24) is 10.2 Å². The second-order valence-corrected chi connectivity index (χ2v) is 7.38. The molecule has 0 aromatic rings. The van der Waals surface area contributed by atoms with Gasteiger partial charge in [-0.1, -0.05) is 41.0 Å². The number of carbonyl (C=O) groups excluding carboxylic acids is 2. The Bertz CT molecular complexity index is 351. The topological polar surface area (TPSA) is 67.9 Å². The zero-order valence-electron chi connectivity index (χ0n) is 18.9. The number of methoxy groups -OCH3 is 2. The van der Waals surface area contributed by atoms with E-state index in [0.29, 0.717) is 30.0 Å². The van der Waals surface area contributed by atoms with Crippen LogP contribution in [0.15, 0.2) is 0 Å². The van der Waals surface area contributed by atoms with E-state index in [2.05, 4.69) is 39.9 Å². The summed E-state index contributed by atoms with van der Waals surface area (Å²) in [6.45, 7) is 13.8. The van der Waals surface area contributed by atoms with Crippen molar-refractivity contribution in [2.24, 2.45) is 11.8 Å². The van der Waals surface area contributed by atoms with E-state index < -0.39 is 0 Å². The van der Waals surface area contributed by atoms with Crippen LogP contribution in [0.5, 0.6) is 0 Å². The molecule has 0 aliphatic carbocycles. The molecule has 0 aromatic carbocycles. The largest absolute Gasteiger partial charge is 0.380 e. The maximum Gasteiger partial charge on any atom is 0.210 e. The van der Waals surface area contributed by atoms with Crippen LogP contribution in [0.1, 0.15) is 60.3 Å². The summed E-state index contributed by atoms with van der Waals surface area (Å²) in [6.07, 6.45) is 5.95. The maximum atomic E-state index is 10.7. The van der Waals surface area contributed by atoms with Gasteiger partial charge in [0.2, 0.25) is 6.41 Å². The Kier molecular flexibility index (Phi) is 17.9. The monoisotopic (exact) mass is 388 g/mol. The Labute approximate surface area is 167 Å². The first kappa shape index (κ1) is 28.2. The summed E-state index contributed by atoms with van der Waals surface area (Å²) in [4.78, 5) is 20.6. The summed E-state index contributed by atoms with van der Waals surface area (Å²) in [5.74, 6) is 1.15. The molecule has 6 nitrogen and oxygen atoms in total. The van der Waals surface area contributed by atoms with Gasteiger partial charge in [0.25, 0.3) is 0 Å². The lowest BCUT2D eigenvalue weighted by Crippen LogP contribution is -2.43. The average molecular weight is 389 g/mol. The third kappa shape index (κ3) is 9.67. The van der Waals surface area contributed by atoms with Crippen molar-refractivity contribution in [2.45, 2.75) is 84.6 Å². The van der Waals surface area contributed by atoms with E-state index in [1.165, 1.54) is 6.42 Å². The molecule has 0 radical (unpaired) electrons. The zero-order chi connectivity index (χ0) is 21.4. The van der Waals surface area contributed by atoms with Crippen LogP contribution >= 0.6 is 0 Å². The molecule has 1 saturated heterocycles. The SMILES string of the molecule is C=O.CCC(C)C(NC)C(CC)OC.COC(C(C)C)C1CCCN1C=O. The van der Waals surface area contributed by atoms with Gasteiger partial charge < -0.3 is 24.5 Å². The number of likely N-dealkylation sites (tertiary alicyclic amines) is 1. The number of likely N-dealkylation sites (N-methyl/N-ethyl adjacent to an activating group) is 1. The third-order valence-electron chi connectivity index (χ3n) is 5.48. The van der Waals surface area contributed by atoms with Crippen molar-refractivity contribution in [1.29, 1.82) is 0 Å². The standard InChI is InChI=1S/C10H19NO2.C10H23NO.CH2O/c1-8(2)10(13-3)9-5-4-6-11(9)7-12;1-6-8(3)10(11-4)9(7-2)12-5;1-2/h7-10H,4-6H2,1-3H3;8-11H,6-7H2,1-5H3;1H2. The molecule has 0 saturated carbocycles. The molecule has 5 unspecified atom stereocenters. The highest BCUT2D eigenvalue weighted by Gasteiger charge is 2.32. The van der Waals surface area contributed by atoms with E-state index in [9.17, 15) is 4.79 Å². The van der Waals surface area contributed by atoms with Gasteiger partial charge in [0.1, 0.15) is 6.79 Å². The Hall–Kier alpha value is -0.980. The summed E-state index contributed by atoms with van der Waals surface area (Å²) in [5, 5.41) is 3.33. The lowest BCUT2D eigenvalue weighted by atomic mass is 9.93. The summed E-state index contributed by atoms with van der Waals surface area (Å²) in [7, 11) is 5.53. The Morgan fingerprint density at radius 3 is 2.07 bits per heavy atom. The van der Waals surface area contributed by atoms with Gasteiger partial charge in [-0.25, -0.2) is 0 Å². The van der Waals surface area contributed by atoms with Crippen LogP contribution < -0.4 is 5.32 Å². The summed E-state index contributed by atoms with van der Waals surface area (Å²) < 4.78 is 10.8. The number of nitrogens with one attached hydrogen (secondary N) is 1. The predicted octanol–water partition coefficient (Wildman–Crippen LogP) is 3.14. The molecule has 0 spiro atoms. The van der Waals surface area contributed by atoms with Gasteiger partial charge >= 0.3 is 0 Å². The Balaban J connectivity index is 0. The van der Waals surface area contributed by atoms with Crippen LogP contribution in [0.25, 0.3) is 0 Å². The van der Waals surface area contributed by atoms with Gasteiger partial charge in [-0.3, -0.25) is 4.79 Å². The molecule has 6 heteroatoms. The molecule has 0 bridgehead atoms. The van der Waals surface area contributed by atoms with Crippen LogP contribution in [-0.2, 0) is 19.1 Å². The number of amides is 1. The van der Waals surface area contributed by atoms with E-state index >= 15 is 0 Å². The fraction of sp³-hybridized carbons (Fsp3) is 0.905. The maximum absolute atomic E-state index is 10.7. The van der Waals surface area contributed by atoms with Gasteiger partial charge in [-0.15, -0.1) is 0 Å². The first-order chi connectivity index (χ1) is 12.9. The first-order valence-corrected chi connectivity index (χ1v) is 10.1. The van der Waals surface area contributed by atoms with Gasteiger partial charge in [-0.2, -0.15) is 0 Å². The molecule has 1 amide bonds. The lowest BCUT2D eigenvalue weighted by Gasteiger charge is -2.30. The Morgan fingerprint density at radius 2 is 1.74 bits per heavy atom. The molecule has 5 atom stereocenters. The lowest BCUT2D eigenvalue weighted by molar-refractivity contribution is -0.122. The first-order valence-electron chi connectivity index (χ1n) is 10.1. The minimum Gasteiger partial charge on any atom is -0.380 e. The molecule has 1 N–H and O–H groups in total. The molecule has 0 aromatic heterocycles. The normalized spacial score (nSPS) is 20.6. The molecular weight excluding hydrogens is 344 g/mol. The second kappa shape index (κ2) is 17.1. The number of rotatable bonds is 10. The highest BCUT2D eigenvalue weighted by atomic mass is 16.5. The van der Waals surface area contributed by atoms with Crippen molar-refractivity contribution in [3.63, 3.8) is 0 Å². The zero-order valence-corrected chi connectivity index (χ0v) is 18.9.